The van der Waals surface area contributed by atoms with Gasteiger partial charge in [0.15, 0.2) is 0 Å². The van der Waals surface area contributed by atoms with Crippen LogP contribution in [-0.4, -0.2) is 33.1 Å². The number of nitrogens with zero attached hydrogens (tertiary/aromatic N) is 1. The van der Waals surface area contributed by atoms with E-state index in [-0.39, 0.29) is 6.42 Å². The van der Waals surface area contributed by atoms with E-state index in [4.69, 9.17) is 13.0 Å². The maximum Gasteiger partial charge on any atom is 0.303 e. The van der Waals surface area contributed by atoms with Gasteiger partial charge in [0.1, 0.15) is 7.85 Å². The minimum absolute atomic E-state index is 0.286. The highest BCUT2D eigenvalue weighted by Gasteiger charge is 2.26. The molecule has 0 spiro atoms. The number of benzene rings is 2. The summed E-state index contributed by atoms with van der Waals surface area (Å²) >= 11 is 6.24. The molecule has 1 N–H and O–H groups in total. The summed E-state index contributed by atoms with van der Waals surface area (Å²) < 4.78 is 5.96. The minimum atomic E-state index is -0.692. The van der Waals surface area contributed by atoms with Crippen molar-refractivity contribution >= 4 is 48.8 Å². The average molecular weight is 446 g/mol. The van der Waals surface area contributed by atoms with Crippen LogP contribution in [0.3, 0.4) is 0 Å². The number of anilines is 1. The van der Waals surface area contributed by atoms with Gasteiger partial charge in [-0.05, 0) is 42.0 Å². The Morgan fingerprint density at radius 3 is 2.53 bits per heavy atom. The topological polar surface area (TPSA) is 49.8 Å². The Kier molecular flexibility index (Phi) is 10.6. The molecule has 2 aromatic carbocycles. The molecule has 1 unspecified atom stereocenters. The zero-order valence-electron chi connectivity index (χ0n) is 17.6. The van der Waals surface area contributed by atoms with E-state index in [9.17, 15) is 4.79 Å². The fourth-order valence-electron chi connectivity index (χ4n) is 3.82. The van der Waals surface area contributed by atoms with Gasteiger partial charge in [0.05, 0.1) is 24.7 Å². The molecule has 0 aliphatic carbocycles. The van der Waals surface area contributed by atoms with Crippen LogP contribution in [0.1, 0.15) is 62.0 Å². The zero-order chi connectivity index (χ0) is 21.9. The van der Waals surface area contributed by atoms with Crippen LogP contribution in [0, 0.1) is 0 Å². The Bertz CT molecular complexity index is 821. The van der Waals surface area contributed by atoms with Crippen molar-refractivity contribution in [1.82, 2.24) is 0 Å². The summed E-state index contributed by atoms with van der Waals surface area (Å²) in [4.78, 5) is 11.8. The highest BCUT2D eigenvalue weighted by Crippen LogP contribution is 2.45. The molecule has 1 aliphatic heterocycles. The molecule has 0 amide bonds. The average Bonchev–Trinajstić information content (AvgIpc) is 2.82. The van der Waals surface area contributed by atoms with Gasteiger partial charge in [-0.1, -0.05) is 67.5 Å². The number of fused-ring (bicyclic) bond motifs is 2. The molecular weight excluding hydrogens is 417 g/mol. The summed E-state index contributed by atoms with van der Waals surface area (Å²) in [6.45, 7) is 0. The number of hydrogen-bond acceptors (Lipinski definition) is 4. The molecule has 0 saturated carbocycles. The lowest BCUT2D eigenvalue weighted by Gasteiger charge is -2.21. The Labute approximate surface area is 190 Å². The fourth-order valence-corrected chi connectivity index (χ4v) is 4.88. The highest BCUT2D eigenvalue weighted by molar-refractivity contribution is 8.00. The second-order valence-electron chi connectivity index (χ2n) is 7.35. The van der Waals surface area contributed by atoms with Crippen molar-refractivity contribution in [3.63, 3.8) is 0 Å². The van der Waals surface area contributed by atoms with E-state index in [1.807, 2.05) is 6.07 Å². The summed E-state index contributed by atoms with van der Waals surface area (Å²) in [5.74, 6) is -0.323. The molecule has 4 nitrogen and oxygen atoms in total. The molecule has 3 rings (SSSR count). The number of carboxylic acid groups (broad SMARTS) is 1. The molecule has 1 aliphatic rings. The molecule has 7 heteroatoms. The Hall–Kier alpha value is -1.63. The number of unbranched alkanes of at least 4 members (excludes halogenated alkanes) is 4. The van der Waals surface area contributed by atoms with Gasteiger partial charge in [0, 0.05) is 24.3 Å². The monoisotopic (exact) mass is 445 g/mol. The van der Waals surface area contributed by atoms with Gasteiger partial charge in [-0.3, -0.25) is 9.08 Å². The number of hydrogen-bond donors (Lipinski definition) is 1. The maximum absolute atomic E-state index is 10.6. The zero-order valence-corrected chi connectivity index (χ0v) is 19.2. The van der Waals surface area contributed by atoms with Crippen molar-refractivity contribution in [3.8, 4) is 0 Å². The lowest BCUT2D eigenvalue weighted by atomic mass is 9.84. The van der Waals surface area contributed by atoms with Gasteiger partial charge in [-0.2, -0.15) is 0 Å². The largest absolute Gasteiger partial charge is 0.481 e. The quantitative estimate of drug-likeness (QED) is 0.322. The molecule has 2 radical (unpaired) electrons. The van der Waals surface area contributed by atoms with Gasteiger partial charge < -0.3 is 9.41 Å². The number of carbonyl (C=O) groups is 1. The van der Waals surface area contributed by atoms with Crippen molar-refractivity contribution in [2.45, 2.75) is 55.8 Å². The first-order valence-electron chi connectivity index (χ1n) is 10.2. The van der Waals surface area contributed by atoms with Gasteiger partial charge in [-0.25, -0.2) is 0 Å². The van der Waals surface area contributed by atoms with E-state index in [0.717, 1.165) is 44.0 Å². The first-order chi connectivity index (χ1) is 14.5. The van der Waals surface area contributed by atoms with Crippen LogP contribution in [0.25, 0.3) is 0 Å². The second kappa shape index (κ2) is 12.9. The Morgan fingerprint density at radius 2 is 1.80 bits per heavy atom. The van der Waals surface area contributed by atoms with Gasteiger partial charge in [0.2, 0.25) is 0 Å². The lowest BCUT2D eigenvalue weighted by molar-refractivity contribution is -0.137. The number of halogens is 1. The second-order valence-corrected chi connectivity index (χ2v) is 8.83. The van der Waals surface area contributed by atoms with Gasteiger partial charge in [0.25, 0.3) is 0 Å². The minimum Gasteiger partial charge on any atom is -0.481 e. The molecule has 160 valence electrons. The van der Waals surface area contributed by atoms with E-state index in [1.165, 1.54) is 28.8 Å². The number of aliphatic carboxylic acids is 1. The van der Waals surface area contributed by atoms with Crippen LogP contribution in [0.15, 0.2) is 47.4 Å². The third kappa shape index (κ3) is 7.26. The first-order valence-corrected chi connectivity index (χ1v) is 11.3. The SMILES string of the molecule is COCl.[B]c1ccc2c(c1)SN(C)c1ccccc1C2CCCCCCCC(=O)O. The fraction of sp³-hybridized carbons (Fsp3) is 0.435. The molecule has 0 fully saturated rings. The van der Waals surface area contributed by atoms with Crippen LogP contribution in [-0.2, 0) is 9.08 Å². The van der Waals surface area contributed by atoms with E-state index in [2.05, 4.69) is 63.9 Å². The molecule has 0 saturated heterocycles. The smallest absolute Gasteiger partial charge is 0.303 e. The van der Waals surface area contributed by atoms with Crippen LogP contribution in [0.5, 0.6) is 0 Å². The summed E-state index contributed by atoms with van der Waals surface area (Å²) in [5, 5.41) is 8.73. The van der Waals surface area contributed by atoms with Crippen molar-refractivity contribution in [3.05, 3.63) is 53.6 Å². The third-order valence-electron chi connectivity index (χ3n) is 5.18. The van der Waals surface area contributed by atoms with Crippen LogP contribution in [0.4, 0.5) is 5.69 Å². The van der Waals surface area contributed by atoms with Crippen molar-refractivity contribution in [2.75, 3.05) is 18.5 Å². The van der Waals surface area contributed by atoms with Crippen LogP contribution < -0.4 is 9.77 Å². The van der Waals surface area contributed by atoms with E-state index >= 15 is 0 Å². The molecule has 1 heterocycles. The van der Waals surface area contributed by atoms with E-state index < -0.39 is 5.97 Å². The predicted molar refractivity (Wildman–Crippen MR) is 127 cm³/mol. The van der Waals surface area contributed by atoms with E-state index in [1.54, 1.807) is 11.9 Å². The summed E-state index contributed by atoms with van der Waals surface area (Å²) in [6.07, 6.45) is 6.56. The number of rotatable bonds is 8. The lowest BCUT2D eigenvalue weighted by Crippen LogP contribution is -2.07. The first kappa shape index (κ1) is 24.6. The van der Waals surface area contributed by atoms with Crippen LogP contribution >= 0.6 is 23.8 Å². The summed E-state index contributed by atoms with van der Waals surface area (Å²) in [5.41, 5.74) is 4.81. The molecular formula is C23H29BClNO3S. The standard InChI is InChI=1S/C22H26BNO2S.CH3ClO/c1-24-20-11-8-7-10-18(20)17(9-5-3-2-4-6-12-22(25)26)19-14-13-16(23)15-21(19)27-24;1-3-2/h7-8,10-11,13-15,17H,2-6,9,12H2,1H3,(H,25,26);1H3. The van der Waals surface area contributed by atoms with Crippen LogP contribution in [0.2, 0.25) is 0 Å². The van der Waals surface area contributed by atoms with Gasteiger partial charge >= 0.3 is 5.97 Å². The Balaban J connectivity index is 0.00000101. The van der Waals surface area contributed by atoms with Crippen molar-refractivity contribution in [2.24, 2.45) is 0 Å². The molecule has 2 aromatic rings. The number of para-hydroxylation sites is 1. The summed E-state index contributed by atoms with van der Waals surface area (Å²) in [7, 11) is 9.55. The number of carboxylic acids is 1. The molecule has 0 bridgehead atoms. The predicted octanol–water partition coefficient (Wildman–Crippen LogP) is 5.67. The maximum atomic E-state index is 10.6. The normalized spacial score (nSPS) is 14.8. The molecule has 1 atom stereocenters. The molecule has 0 aromatic heterocycles. The van der Waals surface area contributed by atoms with Gasteiger partial charge in [-0.15, -0.1) is 0 Å². The van der Waals surface area contributed by atoms with Crippen molar-refractivity contribution in [1.29, 1.82) is 0 Å². The molecule has 30 heavy (non-hydrogen) atoms. The third-order valence-corrected chi connectivity index (χ3v) is 6.20. The summed E-state index contributed by atoms with van der Waals surface area (Å²) in [6, 6.07) is 14.9. The Morgan fingerprint density at radius 1 is 1.13 bits per heavy atom. The van der Waals surface area contributed by atoms with Crippen molar-refractivity contribution < 1.29 is 14.2 Å². The van der Waals surface area contributed by atoms with E-state index in [0.29, 0.717) is 5.92 Å². The highest BCUT2D eigenvalue weighted by atomic mass is 35.5.